The van der Waals surface area contributed by atoms with Crippen molar-refractivity contribution in [3.63, 3.8) is 0 Å². The maximum absolute atomic E-state index is 12.3. The van der Waals surface area contributed by atoms with Crippen molar-refractivity contribution in [3.8, 4) is 0 Å². The van der Waals surface area contributed by atoms with E-state index in [9.17, 15) is 9.59 Å². The molecule has 2 amide bonds. The Morgan fingerprint density at radius 1 is 1.40 bits per heavy atom. The molecule has 1 aromatic heterocycles. The molecule has 0 bridgehead atoms. The predicted octanol–water partition coefficient (Wildman–Crippen LogP) is 1.88. The molecule has 0 saturated carbocycles. The molecule has 20 heavy (non-hydrogen) atoms. The van der Waals surface area contributed by atoms with Gasteiger partial charge >= 0.3 is 0 Å². The van der Waals surface area contributed by atoms with Crippen molar-refractivity contribution in [2.24, 2.45) is 5.92 Å². The second-order valence-corrected chi connectivity index (χ2v) is 7.06. The maximum Gasteiger partial charge on any atom is 0.261 e. The van der Waals surface area contributed by atoms with Gasteiger partial charge in [-0.3, -0.25) is 9.59 Å². The van der Waals surface area contributed by atoms with Crippen molar-refractivity contribution in [2.45, 2.75) is 45.1 Å². The Morgan fingerprint density at radius 3 is 3.00 bits per heavy atom. The zero-order chi connectivity index (χ0) is 14.1. The Bertz CT molecular complexity index is 528. The average Bonchev–Trinajstić information content (AvgIpc) is 2.84. The van der Waals surface area contributed by atoms with Crippen LogP contribution in [0.25, 0.3) is 0 Å². The monoisotopic (exact) mass is 292 g/mol. The smallest absolute Gasteiger partial charge is 0.261 e. The Kier molecular flexibility index (Phi) is 3.78. The van der Waals surface area contributed by atoms with Crippen molar-refractivity contribution in [2.75, 3.05) is 6.54 Å². The number of amides is 2. The largest absolute Gasteiger partial charge is 0.354 e. The number of hydrogen-bond acceptors (Lipinski definition) is 3. The van der Waals surface area contributed by atoms with Gasteiger partial charge in [0.25, 0.3) is 5.91 Å². The summed E-state index contributed by atoms with van der Waals surface area (Å²) >= 11 is 1.64. The van der Waals surface area contributed by atoms with Gasteiger partial charge in [0, 0.05) is 23.9 Å². The Balaban J connectivity index is 1.64. The lowest BCUT2D eigenvalue weighted by Gasteiger charge is -2.23. The minimum Gasteiger partial charge on any atom is -0.354 e. The van der Waals surface area contributed by atoms with E-state index < -0.39 is 0 Å². The maximum atomic E-state index is 12.3. The Morgan fingerprint density at radius 2 is 2.25 bits per heavy atom. The molecule has 2 aliphatic rings. The Hall–Kier alpha value is -1.36. The van der Waals surface area contributed by atoms with E-state index in [1.807, 2.05) is 0 Å². The second kappa shape index (κ2) is 5.56. The van der Waals surface area contributed by atoms with E-state index in [-0.39, 0.29) is 17.9 Å². The summed E-state index contributed by atoms with van der Waals surface area (Å²) in [6.45, 7) is 2.82. The van der Waals surface area contributed by atoms with E-state index in [0.717, 1.165) is 30.1 Å². The summed E-state index contributed by atoms with van der Waals surface area (Å²) in [6, 6.07) is 2.13. The third kappa shape index (κ3) is 2.87. The van der Waals surface area contributed by atoms with Crippen LogP contribution in [-0.4, -0.2) is 24.4 Å². The van der Waals surface area contributed by atoms with Crippen LogP contribution in [0.2, 0.25) is 0 Å². The summed E-state index contributed by atoms with van der Waals surface area (Å²) in [7, 11) is 0. The highest BCUT2D eigenvalue weighted by Crippen LogP contribution is 2.32. The van der Waals surface area contributed by atoms with Gasteiger partial charge in [-0.2, -0.15) is 0 Å². The van der Waals surface area contributed by atoms with Crippen LogP contribution in [-0.2, 0) is 17.6 Å². The molecule has 0 aromatic carbocycles. The van der Waals surface area contributed by atoms with Crippen LogP contribution in [0.1, 0.15) is 46.3 Å². The van der Waals surface area contributed by atoms with Gasteiger partial charge in [0.15, 0.2) is 0 Å². The normalized spacial score (nSPS) is 25.8. The van der Waals surface area contributed by atoms with Crippen LogP contribution >= 0.6 is 11.3 Å². The fourth-order valence-corrected chi connectivity index (χ4v) is 4.04. The number of nitrogens with one attached hydrogen (secondary N) is 2. The van der Waals surface area contributed by atoms with Crippen LogP contribution in [0.4, 0.5) is 0 Å². The van der Waals surface area contributed by atoms with Gasteiger partial charge in [-0.15, -0.1) is 11.3 Å². The highest BCUT2D eigenvalue weighted by molar-refractivity contribution is 7.14. The van der Waals surface area contributed by atoms with Gasteiger partial charge < -0.3 is 10.6 Å². The summed E-state index contributed by atoms with van der Waals surface area (Å²) in [6.07, 6.45) is 4.67. The number of carbonyl (C=O) groups excluding carboxylic acids is 2. The number of carbonyl (C=O) groups is 2. The molecule has 4 nitrogen and oxygen atoms in total. The van der Waals surface area contributed by atoms with Gasteiger partial charge in [0.05, 0.1) is 4.88 Å². The first-order chi connectivity index (χ1) is 9.61. The van der Waals surface area contributed by atoms with Crippen molar-refractivity contribution in [1.82, 2.24) is 10.6 Å². The summed E-state index contributed by atoms with van der Waals surface area (Å²) in [5.74, 6) is 0.816. The zero-order valence-corrected chi connectivity index (χ0v) is 12.5. The first-order valence-corrected chi connectivity index (χ1v) is 8.12. The molecule has 3 rings (SSSR count). The number of piperidine rings is 1. The fraction of sp³-hybridized carbons (Fsp3) is 0.600. The summed E-state index contributed by atoms with van der Waals surface area (Å²) in [5.41, 5.74) is 1.36. The molecule has 2 unspecified atom stereocenters. The highest BCUT2D eigenvalue weighted by Gasteiger charge is 2.23. The van der Waals surface area contributed by atoms with Crippen molar-refractivity contribution in [3.05, 3.63) is 21.4 Å². The molecule has 1 fully saturated rings. The number of aryl methyl sites for hydroxylation is 1. The molecule has 1 aliphatic carbocycles. The molecule has 2 heterocycles. The minimum atomic E-state index is 0.0122. The highest BCUT2D eigenvalue weighted by atomic mass is 32.1. The van der Waals surface area contributed by atoms with Gasteiger partial charge in [0.1, 0.15) is 0 Å². The zero-order valence-electron chi connectivity index (χ0n) is 11.7. The molecule has 1 saturated heterocycles. The summed E-state index contributed by atoms with van der Waals surface area (Å²) in [4.78, 5) is 25.6. The average molecular weight is 292 g/mol. The van der Waals surface area contributed by atoms with E-state index in [1.165, 1.54) is 16.9 Å². The van der Waals surface area contributed by atoms with E-state index in [1.54, 1.807) is 11.3 Å². The van der Waals surface area contributed by atoms with Gasteiger partial charge in [-0.25, -0.2) is 0 Å². The second-order valence-electron chi connectivity index (χ2n) is 5.92. The number of thiophene rings is 1. The molecule has 1 aliphatic heterocycles. The topological polar surface area (TPSA) is 58.2 Å². The van der Waals surface area contributed by atoms with Gasteiger partial charge in [-0.05, 0) is 43.2 Å². The first kappa shape index (κ1) is 13.6. The lowest BCUT2D eigenvalue weighted by molar-refractivity contribution is -0.122. The summed E-state index contributed by atoms with van der Waals surface area (Å²) in [5, 5.41) is 5.83. The quantitative estimate of drug-likeness (QED) is 0.874. The molecule has 5 heteroatoms. The van der Waals surface area contributed by atoms with E-state index >= 15 is 0 Å². The van der Waals surface area contributed by atoms with Crippen LogP contribution in [0.5, 0.6) is 0 Å². The van der Waals surface area contributed by atoms with Gasteiger partial charge in [-0.1, -0.05) is 6.92 Å². The van der Waals surface area contributed by atoms with Crippen molar-refractivity contribution < 1.29 is 9.59 Å². The molecular formula is C15H20N2O2S. The van der Waals surface area contributed by atoms with Crippen LogP contribution < -0.4 is 10.6 Å². The SMILES string of the molecule is CC1CCc2sc(C(=O)NC3CCC(=O)NC3)cc2C1. The molecular weight excluding hydrogens is 272 g/mol. The van der Waals surface area contributed by atoms with Crippen LogP contribution in [0, 0.1) is 5.92 Å². The number of hydrogen-bond donors (Lipinski definition) is 2. The third-order valence-corrected chi connectivity index (χ3v) is 5.39. The molecule has 0 radical (unpaired) electrons. The minimum absolute atomic E-state index is 0.0122. The van der Waals surface area contributed by atoms with E-state index in [0.29, 0.717) is 13.0 Å². The molecule has 1 aromatic rings. The van der Waals surface area contributed by atoms with E-state index in [4.69, 9.17) is 0 Å². The number of rotatable bonds is 2. The summed E-state index contributed by atoms with van der Waals surface area (Å²) < 4.78 is 0. The molecule has 2 N–H and O–H groups in total. The fourth-order valence-electron chi connectivity index (χ4n) is 2.93. The standard InChI is InChI=1S/C15H20N2O2S/c1-9-2-4-12-10(6-9)7-13(20-12)15(19)17-11-3-5-14(18)16-8-11/h7,9,11H,2-6,8H2,1H3,(H,16,18)(H,17,19). The van der Waals surface area contributed by atoms with Crippen molar-refractivity contribution >= 4 is 23.2 Å². The first-order valence-electron chi connectivity index (χ1n) is 7.31. The van der Waals surface area contributed by atoms with E-state index in [2.05, 4.69) is 23.6 Å². The molecule has 108 valence electrons. The van der Waals surface area contributed by atoms with Gasteiger partial charge in [0.2, 0.25) is 5.91 Å². The lowest BCUT2D eigenvalue weighted by Crippen LogP contribution is -2.47. The third-order valence-electron chi connectivity index (χ3n) is 4.15. The van der Waals surface area contributed by atoms with Crippen LogP contribution in [0.15, 0.2) is 6.07 Å². The van der Waals surface area contributed by atoms with Crippen LogP contribution in [0.3, 0.4) is 0 Å². The molecule has 2 atom stereocenters. The van der Waals surface area contributed by atoms with Crippen molar-refractivity contribution in [1.29, 1.82) is 0 Å². The lowest BCUT2D eigenvalue weighted by atomic mass is 9.90. The predicted molar refractivity (Wildman–Crippen MR) is 79.0 cm³/mol. The molecule has 0 spiro atoms. The Labute approximate surface area is 122 Å². The number of fused-ring (bicyclic) bond motifs is 1.